The molecule has 1 amide bonds. The summed E-state index contributed by atoms with van der Waals surface area (Å²) in [6, 6.07) is 1.75. The predicted molar refractivity (Wildman–Crippen MR) is 120 cm³/mol. The van der Waals surface area contributed by atoms with Gasteiger partial charge in [0.2, 0.25) is 5.91 Å². The molecule has 1 saturated heterocycles. The summed E-state index contributed by atoms with van der Waals surface area (Å²) in [4.78, 5) is 35.6. The first kappa shape index (κ1) is 18.5. The van der Waals surface area contributed by atoms with Crippen LogP contribution < -0.4 is 10.9 Å². The number of hydrogen-bond acceptors (Lipinski definition) is 6. The zero-order chi connectivity index (χ0) is 20.5. The number of piperidine rings is 1. The fraction of sp³-hybridized carbons (Fsp3) is 0.400. The maximum atomic E-state index is 12.7. The van der Waals surface area contributed by atoms with Crippen molar-refractivity contribution in [3.05, 3.63) is 32.6 Å². The van der Waals surface area contributed by atoms with Crippen LogP contribution in [0.3, 0.4) is 0 Å². The Balaban J connectivity index is 1.26. The lowest BCUT2D eigenvalue weighted by Gasteiger charge is -2.31. The Bertz CT molecular complexity index is 1370. The van der Waals surface area contributed by atoms with E-state index in [1.165, 1.54) is 37.0 Å². The number of nitrogens with zero attached hydrogens (tertiary/aromatic N) is 4. The average molecular weight is 487 g/mol. The topological polar surface area (TPSA) is 95.4 Å². The van der Waals surface area contributed by atoms with Crippen molar-refractivity contribution in [2.75, 3.05) is 25.0 Å². The number of nitrogens with one attached hydrogen (secondary N) is 2. The van der Waals surface area contributed by atoms with Crippen LogP contribution in [0.5, 0.6) is 0 Å². The van der Waals surface area contributed by atoms with Crippen LogP contribution in [0.2, 0.25) is 0 Å². The first-order valence-corrected chi connectivity index (χ1v) is 11.6. The van der Waals surface area contributed by atoms with Gasteiger partial charge in [0, 0.05) is 0 Å². The van der Waals surface area contributed by atoms with Crippen LogP contribution in [-0.4, -0.2) is 50.0 Å². The lowest BCUT2D eigenvalue weighted by Crippen LogP contribution is -2.39. The van der Waals surface area contributed by atoms with Gasteiger partial charge in [-0.05, 0) is 66.2 Å². The van der Waals surface area contributed by atoms with Crippen LogP contribution in [-0.2, 0) is 4.79 Å². The molecular weight excluding hydrogens is 468 g/mol. The largest absolute Gasteiger partial charge is 0.324 e. The molecule has 4 aromatic heterocycles. The van der Waals surface area contributed by atoms with Crippen molar-refractivity contribution in [2.24, 2.45) is 5.41 Å². The Hall–Kier alpha value is -2.30. The van der Waals surface area contributed by atoms with Crippen LogP contribution in [0.15, 0.2) is 27.0 Å². The zero-order valence-electron chi connectivity index (χ0n) is 16.1. The summed E-state index contributed by atoms with van der Waals surface area (Å²) in [5, 5.41) is 7.98. The molecule has 4 aromatic rings. The highest BCUT2D eigenvalue weighted by Crippen LogP contribution is 2.53. The van der Waals surface area contributed by atoms with Gasteiger partial charge in [-0.25, -0.2) is 4.52 Å². The molecule has 1 saturated carbocycles. The number of likely N-dealkylation sites (tertiary alicyclic amines) is 1. The van der Waals surface area contributed by atoms with Crippen molar-refractivity contribution >= 4 is 65.6 Å². The molecule has 1 spiro atoms. The fourth-order valence-electron chi connectivity index (χ4n) is 4.46. The lowest BCUT2D eigenvalue weighted by molar-refractivity contribution is -0.117. The standard InChI is InChI=1S/C20H19BrN6O2S/c21-13-9-27-19(30-13)15-17(25-27)16-12(24-18(15)29)7-11(8-22-16)23-14(28)10-26-5-3-20(1-2-20)4-6-26/h7-9H,1-6,10H2,(H,23,28)(H,24,29). The minimum atomic E-state index is -0.213. The second kappa shape index (κ2) is 6.60. The van der Waals surface area contributed by atoms with Crippen LogP contribution in [0.1, 0.15) is 25.7 Å². The van der Waals surface area contributed by atoms with E-state index in [0.29, 0.717) is 39.6 Å². The molecule has 8 nitrogen and oxygen atoms in total. The third-order valence-corrected chi connectivity index (χ3v) is 7.97. The molecule has 0 bridgehead atoms. The molecule has 0 aromatic carbocycles. The molecule has 0 radical (unpaired) electrons. The summed E-state index contributed by atoms with van der Waals surface area (Å²) in [5.41, 5.74) is 2.69. The number of pyridine rings is 2. The van der Waals surface area contributed by atoms with Gasteiger partial charge in [0.1, 0.15) is 21.3 Å². The number of aromatic nitrogens is 4. The maximum absolute atomic E-state index is 12.7. The number of thiazole rings is 1. The average Bonchev–Trinajstić information content (AvgIpc) is 3.22. The third-order valence-electron chi connectivity index (χ3n) is 6.40. The van der Waals surface area contributed by atoms with Gasteiger partial charge < -0.3 is 10.3 Å². The summed E-state index contributed by atoms with van der Waals surface area (Å²) < 4.78 is 2.59. The minimum Gasteiger partial charge on any atom is -0.324 e. The minimum absolute atomic E-state index is 0.0568. The summed E-state index contributed by atoms with van der Waals surface area (Å²) in [7, 11) is 0. The molecule has 1 aliphatic heterocycles. The Morgan fingerprint density at radius 2 is 2.07 bits per heavy atom. The number of carbonyl (C=O) groups is 1. The van der Waals surface area contributed by atoms with Crippen molar-refractivity contribution in [3.8, 4) is 0 Å². The fourth-order valence-corrected chi connectivity index (χ4v) is 5.93. The molecule has 0 unspecified atom stereocenters. The summed E-state index contributed by atoms with van der Waals surface area (Å²) in [5.74, 6) is -0.0568. The Labute approximate surface area is 183 Å². The summed E-state index contributed by atoms with van der Waals surface area (Å²) >= 11 is 4.88. The molecule has 10 heteroatoms. The van der Waals surface area contributed by atoms with Gasteiger partial charge in [-0.15, -0.1) is 11.3 Å². The predicted octanol–water partition coefficient (Wildman–Crippen LogP) is 3.36. The van der Waals surface area contributed by atoms with Gasteiger partial charge in [0.25, 0.3) is 5.56 Å². The molecule has 0 atom stereocenters. The molecule has 6 rings (SSSR count). The molecule has 30 heavy (non-hydrogen) atoms. The van der Waals surface area contributed by atoms with E-state index in [1.807, 2.05) is 6.20 Å². The number of hydrogen-bond donors (Lipinski definition) is 2. The monoisotopic (exact) mass is 486 g/mol. The van der Waals surface area contributed by atoms with E-state index in [2.05, 4.69) is 41.2 Å². The molecule has 1 aliphatic carbocycles. The normalized spacial score (nSPS) is 18.6. The summed E-state index contributed by atoms with van der Waals surface area (Å²) in [6.45, 7) is 2.36. The number of anilines is 1. The number of aromatic amines is 1. The van der Waals surface area contributed by atoms with Gasteiger partial charge in [0.05, 0.1) is 33.9 Å². The van der Waals surface area contributed by atoms with Gasteiger partial charge in [0.15, 0.2) is 0 Å². The molecule has 5 heterocycles. The first-order valence-electron chi connectivity index (χ1n) is 10.0. The Kier molecular flexibility index (Phi) is 4.06. The van der Waals surface area contributed by atoms with Gasteiger partial charge in [-0.3, -0.25) is 19.5 Å². The second-order valence-electron chi connectivity index (χ2n) is 8.41. The summed E-state index contributed by atoms with van der Waals surface area (Å²) in [6.07, 6.45) is 8.56. The lowest BCUT2D eigenvalue weighted by atomic mass is 9.94. The van der Waals surface area contributed by atoms with Crippen LogP contribution >= 0.6 is 27.3 Å². The van der Waals surface area contributed by atoms with Crippen molar-refractivity contribution in [1.82, 2.24) is 24.5 Å². The van der Waals surface area contributed by atoms with Crippen molar-refractivity contribution < 1.29 is 4.79 Å². The van der Waals surface area contributed by atoms with E-state index in [9.17, 15) is 9.59 Å². The van der Waals surface area contributed by atoms with Crippen molar-refractivity contribution in [2.45, 2.75) is 25.7 Å². The Morgan fingerprint density at radius 1 is 1.27 bits per heavy atom. The van der Waals surface area contributed by atoms with E-state index in [4.69, 9.17) is 0 Å². The Morgan fingerprint density at radius 3 is 2.83 bits per heavy atom. The van der Waals surface area contributed by atoms with Crippen molar-refractivity contribution in [1.29, 1.82) is 0 Å². The highest BCUT2D eigenvalue weighted by atomic mass is 79.9. The number of carbonyl (C=O) groups excluding carboxylic acids is 1. The highest BCUT2D eigenvalue weighted by Gasteiger charge is 2.44. The number of amides is 1. The highest BCUT2D eigenvalue weighted by molar-refractivity contribution is 9.11. The van der Waals surface area contributed by atoms with Gasteiger partial charge in [-0.1, -0.05) is 0 Å². The molecule has 154 valence electrons. The van der Waals surface area contributed by atoms with Crippen LogP contribution in [0.25, 0.3) is 26.8 Å². The second-order valence-corrected chi connectivity index (χ2v) is 10.8. The van der Waals surface area contributed by atoms with E-state index < -0.39 is 0 Å². The van der Waals surface area contributed by atoms with Crippen LogP contribution in [0.4, 0.5) is 5.69 Å². The quantitative estimate of drug-likeness (QED) is 0.462. The first-order chi connectivity index (χ1) is 14.5. The maximum Gasteiger partial charge on any atom is 0.261 e. The van der Waals surface area contributed by atoms with E-state index in [1.54, 1.807) is 16.8 Å². The molecule has 2 aliphatic rings. The number of rotatable bonds is 3. The van der Waals surface area contributed by atoms with Gasteiger partial charge >= 0.3 is 0 Å². The molecule has 2 fully saturated rings. The van der Waals surface area contributed by atoms with Crippen molar-refractivity contribution in [3.63, 3.8) is 0 Å². The zero-order valence-corrected chi connectivity index (χ0v) is 18.5. The third kappa shape index (κ3) is 3.05. The number of fused-ring (bicyclic) bond motifs is 5. The van der Waals surface area contributed by atoms with Crippen LogP contribution in [0, 0.1) is 5.41 Å². The number of halogens is 1. The van der Waals surface area contributed by atoms with E-state index in [0.717, 1.165) is 21.7 Å². The SMILES string of the molecule is O=C(CN1CCC2(CC1)CC2)Nc1cnc2c(c1)[nH]c(=O)c1c2nn2cc(Br)sc12. The van der Waals surface area contributed by atoms with E-state index >= 15 is 0 Å². The van der Waals surface area contributed by atoms with E-state index in [-0.39, 0.29) is 11.5 Å². The van der Waals surface area contributed by atoms with Gasteiger partial charge in [-0.2, -0.15) is 5.10 Å². The molecular formula is C20H19BrN6O2S. The molecule has 2 N–H and O–H groups in total. The number of H-pyrrole nitrogens is 1. The smallest absolute Gasteiger partial charge is 0.261 e.